The number of nitrogens with one attached hydrogen (secondary N) is 1. The molecule has 2 aromatic heterocycles. The minimum Gasteiger partial charge on any atom is -0.497 e. The van der Waals surface area contributed by atoms with Gasteiger partial charge in [-0.25, -0.2) is 0 Å². The number of carbonyl (C=O) groups excluding carboxylic acids is 1. The Morgan fingerprint density at radius 1 is 1.00 bits per heavy atom. The fraction of sp³-hybridized carbons (Fsp3) is 0.172. The lowest BCUT2D eigenvalue weighted by Gasteiger charge is -2.15. The van der Waals surface area contributed by atoms with Gasteiger partial charge in [0.2, 0.25) is 0 Å². The highest BCUT2D eigenvalue weighted by molar-refractivity contribution is 7.85. The van der Waals surface area contributed by atoms with Crippen LogP contribution < -0.4 is 10.1 Å². The Morgan fingerprint density at radius 3 is 2.41 bits per heavy atom. The number of benzene rings is 3. The van der Waals surface area contributed by atoms with Gasteiger partial charge in [0.15, 0.2) is 0 Å². The van der Waals surface area contributed by atoms with Crippen molar-refractivity contribution < 1.29 is 22.5 Å². The van der Waals surface area contributed by atoms with Crippen LogP contribution >= 0.6 is 34.5 Å². The zero-order valence-corrected chi connectivity index (χ0v) is 25.1. The van der Waals surface area contributed by atoms with Crippen LogP contribution in [-0.2, 0) is 10.1 Å². The van der Waals surface area contributed by atoms with Gasteiger partial charge in [0.05, 0.1) is 35.2 Å². The number of hydrogen-bond donors (Lipinski definition) is 2. The van der Waals surface area contributed by atoms with Gasteiger partial charge in [-0.3, -0.25) is 14.0 Å². The molecule has 5 aromatic rings. The van der Waals surface area contributed by atoms with Crippen molar-refractivity contribution in [1.29, 1.82) is 0 Å². The molecular weight excluding hydrogens is 605 g/mol. The fourth-order valence-corrected chi connectivity index (χ4v) is 6.31. The number of rotatable bonds is 9. The van der Waals surface area contributed by atoms with Crippen molar-refractivity contribution >= 4 is 61.3 Å². The Labute approximate surface area is 251 Å². The normalized spacial score (nSPS) is 12.4. The minimum absolute atomic E-state index is 0.191. The lowest BCUT2D eigenvalue weighted by Crippen LogP contribution is -2.28. The van der Waals surface area contributed by atoms with E-state index in [1.54, 1.807) is 31.4 Å². The predicted octanol–water partition coefficient (Wildman–Crippen LogP) is 6.97. The first-order valence-corrected chi connectivity index (χ1v) is 15.7. The third-order valence-electron chi connectivity index (χ3n) is 6.51. The summed E-state index contributed by atoms with van der Waals surface area (Å²) in [5, 5.41) is 10.5. The van der Waals surface area contributed by atoms with E-state index < -0.39 is 21.8 Å². The highest BCUT2D eigenvalue weighted by Gasteiger charge is 2.21. The Bertz CT molecular complexity index is 1850. The summed E-state index contributed by atoms with van der Waals surface area (Å²) in [6.07, 6.45) is 0. The molecule has 2 N–H and O–H groups in total. The number of amides is 1. The van der Waals surface area contributed by atoms with E-state index in [0.717, 1.165) is 38.2 Å². The average Bonchev–Trinajstić information content (AvgIpc) is 3.59. The second-order valence-electron chi connectivity index (χ2n) is 9.37. The summed E-state index contributed by atoms with van der Waals surface area (Å²) in [5.74, 6) is -0.199. The maximum atomic E-state index is 12.6. The molecule has 0 bridgehead atoms. The fourth-order valence-electron chi connectivity index (χ4n) is 4.46. The van der Waals surface area contributed by atoms with E-state index in [2.05, 4.69) is 11.4 Å². The molecule has 2 heterocycles. The molecule has 0 saturated carbocycles. The number of hydrogen-bond acceptors (Lipinski definition) is 6. The number of fused-ring (bicyclic) bond motifs is 1. The maximum absolute atomic E-state index is 12.6. The largest absolute Gasteiger partial charge is 0.497 e. The van der Waals surface area contributed by atoms with Crippen LogP contribution in [0.4, 0.5) is 0 Å². The number of aromatic nitrogens is 2. The summed E-state index contributed by atoms with van der Waals surface area (Å²) in [6.45, 7) is 1.80. The van der Waals surface area contributed by atoms with Crippen LogP contribution in [0.5, 0.6) is 5.75 Å². The van der Waals surface area contributed by atoms with Gasteiger partial charge >= 0.3 is 0 Å². The van der Waals surface area contributed by atoms with Crippen LogP contribution in [0.2, 0.25) is 10.0 Å². The van der Waals surface area contributed by atoms with Crippen LogP contribution in [0.3, 0.4) is 0 Å². The lowest BCUT2D eigenvalue weighted by atomic mass is 10.0. The van der Waals surface area contributed by atoms with E-state index in [4.69, 9.17) is 37.6 Å². The molecule has 0 spiro atoms. The zero-order chi connectivity index (χ0) is 29.3. The summed E-state index contributed by atoms with van der Waals surface area (Å²) >= 11 is 13.9. The van der Waals surface area contributed by atoms with Gasteiger partial charge in [0, 0.05) is 32.6 Å². The molecule has 1 unspecified atom stereocenters. The molecule has 0 saturated heterocycles. The van der Waals surface area contributed by atoms with E-state index in [-0.39, 0.29) is 12.6 Å². The number of thiophene rings is 1. The van der Waals surface area contributed by atoms with Crippen LogP contribution in [0.15, 0.2) is 72.8 Å². The molecule has 41 heavy (non-hydrogen) atoms. The number of nitrogens with zero attached hydrogens (tertiary/aromatic N) is 2. The molecule has 212 valence electrons. The monoisotopic (exact) mass is 629 g/mol. The van der Waals surface area contributed by atoms with Crippen LogP contribution in [0.1, 0.15) is 27.5 Å². The third-order valence-corrected chi connectivity index (χ3v) is 8.92. The number of halogens is 2. The number of methoxy groups -OCH3 is 1. The number of carbonyl (C=O) groups is 1. The molecule has 1 atom stereocenters. The van der Waals surface area contributed by atoms with Crippen molar-refractivity contribution in [2.24, 2.45) is 0 Å². The Morgan fingerprint density at radius 2 is 1.71 bits per heavy atom. The van der Waals surface area contributed by atoms with Crippen molar-refractivity contribution in [2.45, 2.75) is 13.0 Å². The lowest BCUT2D eigenvalue weighted by molar-refractivity contribution is 0.0960. The first-order chi connectivity index (χ1) is 19.5. The Balaban J connectivity index is 1.53. The number of ether oxygens (including phenoxy) is 1. The van der Waals surface area contributed by atoms with E-state index in [9.17, 15) is 13.2 Å². The Hall–Kier alpha value is -3.41. The van der Waals surface area contributed by atoms with Gasteiger partial charge in [0.1, 0.15) is 5.75 Å². The summed E-state index contributed by atoms with van der Waals surface area (Å²) in [5.41, 5.74) is 3.26. The molecule has 12 heteroatoms. The zero-order valence-electron chi connectivity index (χ0n) is 22.0. The van der Waals surface area contributed by atoms with Crippen molar-refractivity contribution in [3.63, 3.8) is 0 Å². The average molecular weight is 631 g/mol. The molecule has 5 rings (SSSR count). The summed E-state index contributed by atoms with van der Waals surface area (Å²) in [4.78, 5) is 13.9. The van der Waals surface area contributed by atoms with Gasteiger partial charge in [-0.1, -0.05) is 41.4 Å². The van der Waals surface area contributed by atoms with Crippen molar-refractivity contribution in [3.05, 3.63) is 92.6 Å². The SMILES string of the molecule is COc1ccc2cc(-c3cc(-c4cc(Cl)cc(Cl)c4)nn3C(C)c3ccc(C(=O)NCCS(=O)(=O)O)s3)ccc2c1. The minimum atomic E-state index is -4.17. The van der Waals surface area contributed by atoms with Gasteiger partial charge in [-0.15, -0.1) is 11.3 Å². The van der Waals surface area contributed by atoms with Gasteiger partial charge in [-0.2, -0.15) is 13.5 Å². The topological polar surface area (TPSA) is 111 Å². The molecule has 0 radical (unpaired) electrons. The first kappa shape index (κ1) is 29.1. The van der Waals surface area contributed by atoms with Crippen molar-refractivity contribution in [2.75, 3.05) is 19.4 Å². The van der Waals surface area contributed by atoms with Crippen molar-refractivity contribution in [1.82, 2.24) is 15.1 Å². The van der Waals surface area contributed by atoms with E-state index in [1.807, 2.05) is 54.1 Å². The first-order valence-electron chi connectivity index (χ1n) is 12.5. The summed E-state index contributed by atoms with van der Waals surface area (Å²) < 4.78 is 38.1. The van der Waals surface area contributed by atoms with Crippen LogP contribution in [0.25, 0.3) is 33.3 Å². The molecule has 0 aliphatic rings. The smallest absolute Gasteiger partial charge is 0.266 e. The highest BCUT2D eigenvalue weighted by atomic mass is 35.5. The van der Waals surface area contributed by atoms with Gasteiger partial charge in [-0.05, 0) is 72.3 Å². The predicted molar refractivity (Wildman–Crippen MR) is 164 cm³/mol. The molecule has 0 aliphatic carbocycles. The van der Waals surface area contributed by atoms with Gasteiger partial charge in [0.25, 0.3) is 16.0 Å². The van der Waals surface area contributed by atoms with Crippen molar-refractivity contribution in [3.8, 4) is 28.3 Å². The Kier molecular flexibility index (Phi) is 8.40. The quantitative estimate of drug-likeness (QED) is 0.170. The highest BCUT2D eigenvalue weighted by Crippen LogP contribution is 2.36. The maximum Gasteiger partial charge on any atom is 0.266 e. The summed E-state index contributed by atoms with van der Waals surface area (Å²) in [6, 6.07) is 22.6. The molecule has 0 fully saturated rings. The van der Waals surface area contributed by atoms with E-state index >= 15 is 0 Å². The standard InChI is InChI=1S/C29H25Cl2N3O5S2/c1-17(27-7-8-28(40-27)29(35)32-9-10-41(36,37)38)34-26(16-25(33-34)21-12-22(30)15-23(31)13-21)20-4-3-19-14-24(39-2)6-5-18(19)11-20/h3-8,11-17H,9-10H2,1-2H3,(H,32,35)(H,36,37,38). The van der Waals surface area contributed by atoms with Crippen LogP contribution in [0, 0.1) is 0 Å². The van der Waals surface area contributed by atoms with E-state index in [0.29, 0.717) is 20.6 Å². The second kappa shape index (κ2) is 11.8. The molecule has 3 aromatic carbocycles. The molecule has 8 nitrogen and oxygen atoms in total. The molecular formula is C29H25Cl2N3O5S2. The molecule has 1 amide bonds. The molecule has 0 aliphatic heterocycles. The third kappa shape index (κ3) is 6.74. The van der Waals surface area contributed by atoms with Crippen LogP contribution in [-0.4, -0.2) is 48.1 Å². The van der Waals surface area contributed by atoms with E-state index in [1.165, 1.54) is 11.3 Å². The van der Waals surface area contributed by atoms with Gasteiger partial charge < -0.3 is 10.1 Å². The second-order valence-corrected chi connectivity index (χ2v) is 12.9. The summed E-state index contributed by atoms with van der Waals surface area (Å²) in [7, 11) is -2.53.